The number of hydrogen-bond acceptors (Lipinski definition) is 13. The summed E-state index contributed by atoms with van der Waals surface area (Å²) in [5.74, 6) is -1.46. The average molecular weight is 874 g/mol. The minimum atomic E-state index is -0.985. The van der Waals surface area contributed by atoms with Crippen LogP contribution in [-0.4, -0.2) is 103 Å². The van der Waals surface area contributed by atoms with Gasteiger partial charge in [-0.15, -0.1) is 11.3 Å². The number of fused-ring (bicyclic) bond motifs is 1. The molecule has 0 spiro atoms. The van der Waals surface area contributed by atoms with Gasteiger partial charge in [0.25, 0.3) is 17.7 Å². The predicted octanol–water partition coefficient (Wildman–Crippen LogP) is 5.39. The number of nitrogens with zero attached hydrogens (tertiary/aromatic N) is 8. The number of benzene rings is 2. The standard InChI is InChI=1S/C45H48FN11O5S/c1-25-17-27(5-6-28(25)19-47-40(60)35-21-48-43(63-35)45(2,3)4)38-33(46)20-49-44(52-38)50-36-13-16-56(53-36)30-23-54(24-30)22-26-11-14-55(15-12-26)29-7-8-31-32(18-29)42(62)57(41(31)61)34-9-10-37(58)51-39(34)59/h5-8,13,16-18,20-21,26,30,34H,9-12,14-15,19,22-24H2,1-4H3,(H,47,60)(H,51,58,59)(H,49,50,52,53). The number of imide groups is 2. The van der Waals surface area contributed by atoms with Crippen LogP contribution in [0, 0.1) is 18.7 Å². The molecule has 326 valence electrons. The zero-order chi connectivity index (χ0) is 44.2. The van der Waals surface area contributed by atoms with E-state index in [1.807, 2.05) is 42.1 Å². The van der Waals surface area contributed by atoms with E-state index < -0.39 is 35.5 Å². The van der Waals surface area contributed by atoms with Gasteiger partial charge < -0.3 is 15.5 Å². The Morgan fingerprint density at radius 2 is 1.73 bits per heavy atom. The van der Waals surface area contributed by atoms with Crippen LogP contribution in [0.3, 0.4) is 0 Å². The first kappa shape index (κ1) is 41.9. The number of aryl methyl sites for hydroxylation is 1. The molecule has 0 aliphatic carbocycles. The van der Waals surface area contributed by atoms with Gasteiger partial charge in [0.2, 0.25) is 17.8 Å². The molecule has 1 unspecified atom stereocenters. The minimum Gasteiger partial charge on any atom is -0.371 e. The first-order chi connectivity index (χ1) is 30.2. The van der Waals surface area contributed by atoms with Crippen molar-refractivity contribution in [2.45, 2.75) is 77.4 Å². The number of carbonyl (C=O) groups is 5. The number of hydrogen-bond donors (Lipinski definition) is 3. The summed E-state index contributed by atoms with van der Waals surface area (Å²) in [6.07, 6.45) is 6.86. The maximum atomic E-state index is 15.1. The molecule has 4 aliphatic heterocycles. The second-order valence-corrected chi connectivity index (χ2v) is 18.8. The SMILES string of the molecule is Cc1cc(-c2nc(Nc3ccn(C4CN(CC5CCN(c6ccc7c(c6)C(=O)N(C6CCC(=O)NC6=O)C7=O)CC5)C4)n3)ncc2F)ccc1CNC(=O)c1cnc(C(C)(C)C)s1. The van der Waals surface area contributed by atoms with Crippen molar-refractivity contribution >= 4 is 58.3 Å². The molecule has 16 nitrogen and oxygen atoms in total. The Kier molecular flexibility index (Phi) is 11.1. The molecule has 0 bridgehead atoms. The Morgan fingerprint density at radius 1 is 0.952 bits per heavy atom. The topological polar surface area (TPSA) is 188 Å². The minimum absolute atomic E-state index is 0.0819. The summed E-state index contributed by atoms with van der Waals surface area (Å²) < 4.78 is 17.0. The number of halogens is 1. The van der Waals surface area contributed by atoms with Crippen molar-refractivity contribution in [2.24, 2.45) is 5.92 Å². The van der Waals surface area contributed by atoms with E-state index in [0.717, 1.165) is 78.5 Å². The Bertz CT molecular complexity index is 2640. The summed E-state index contributed by atoms with van der Waals surface area (Å²) in [4.78, 5) is 82.7. The number of thiazole rings is 1. The van der Waals surface area contributed by atoms with Crippen LogP contribution in [0.5, 0.6) is 0 Å². The molecule has 3 aromatic heterocycles. The van der Waals surface area contributed by atoms with Crippen LogP contribution in [0.15, 0.2) is 61.1 Å². The van der Waals surface area contributed by atoms with Crippen LogP contribution in [-0.2, 0) is 21.5 Å². The van der Waals surface area contributed by atoms with Gasteiger partial charge in [0, 0.05) is 74.6 Å². The smallest absolute Gasteiger partial charge is 0.263 e. The molecule has 7 heterocycles. The van der Waals surface area contributed by atoms with E-state index in [9.17, 15) is 24.0 Å². The largest absolute Gasteiger partial charge is 0.371 e. The average Bonchev–Trinajstić information content (AvgIpc) is 3.99. The molecule has 2 aromatic carbocycles. The fraction of sp³-hybridized carbons (Fsp3) is 0.400. The van der Waals surface area contributed by atoms with Gasteiger partial charge in [0.05, 0.1) is 34.6 Å². The summed E-state index contributed by atoms with van der Waals surface area (Å²) in [6.45, 7) is 12.8. The summed E-state index contributed by atoms with van der Waals surface area (Å²) in [5.41, 5.74) is 3.85. The van der Waals surface area contributed by atoms with Crippen LogP contribution in [0.2, 0.25) is 0 Å². The van der Waals surface area contributed by atoms with Gasteiger partial charge in [-0.05, 0) is 67.5 Å². The van der Waals surface area contributed by atoms with Crippen molar-refractivity contribution < 1.29 is 28.4 Å². The molecule has 3 N–H and O–H groups in total. The molecule has 3 saturated heterocycles. The summed E-state index contributed by atoms with van der Waals surface area (Å²) in [6, 6.07) is 11.9. The number of rotatable bonds is 11. The van der Waals surface area contributed by atoms with E-state index in [2.05, 4.69) is 61.5 Å². The fourth-order valence-electron chi connectivity index (χ4n) is 8.64. The molecular formula is C45H48FN11O5S. The van der Waals surface area contributed by atoms with Crippen LogP contribution in [0.1, 0.15) is 99.0 Å². The third-order valence-corrected chi connectivity index (χ3v) is 13.7. The third-order valence-electron chi connectivity index (χ3n) is 12.3. The molecule has 3 fully saturated rings. The third kappa shape index (κ3) is 8.56. The molecule has 1 atom stereocenters. The normalized spacial score (nSPS) is 18.7. The molecule has 4 aliphatic rings. The summed E-state index contributed by atoms with van der Waals surface area (Å²) in [7, 11) is 0. The quantitative estimate of drug-likeness (QED) is 0.144. The van der Waals surface area contributed by atoms with Gasteiger partial charge >= 0.3 is 0 Å². The van der Waals surface area contributed by atoms with Crippen LogP contribution < -0.4 is 20.9 Å². The number of anilines is 3. The first-order valence-corrected chi connectivity index (χ1v) is 22.0. The Morgan fingerprint density at radius 3 is 2.46 bits per heavy atom. The first-order valence-electron chi connectivity index (χ1n) is 21.2. The predicted molar refractivity (Wildman–Crippen MR) is 233 cm³/mol. The highest BCUT2D eigenvalue weighted by Crippen LogP contribution is 2.34. The van der Waals surface area contributed by atoms with Gasteiger partial charge in [-0.1, -0.05) is 32.9 Å². The van der Waals surface area contributed by atoms with E-state index in [0.29, 0.717) is 34.3 Å². The zero-order valence-electron chi connectivity index (χ0n) is 35.5. The molecule has 63 heavy (non-hydrogen) atoms. The molecule has 18 heteroatoms. The van der Waals surface area contributed by atoms with Gasteiger partial charge in [0.15, 0.2) is 11.6 Å². The summed E-state index contributed by atoms with van der Waals surface area (Å²) >= 11 is 1.39. The van der Waals surface area contributed by atoms with Crippen molar-refractivity contribution in [3.63, 3.8) is 0 Å². The maximum Gasteiger partial charge on any atom is 0.263 e. The fourth-order valence-corrected chi connectivity index (χ4v) is 9.53. The van der Waals surface area contributed by atoms with E-state index in [1.165, 1.54) is 11.3 Å². The summed E-state index contributed by atoms with van der Waals surface area (Å²) in [5, 5.41) is 14.0. The second kappa shape index (κ2) is 16.7. The van der Waals surface area contributed by atoms with Crippen LogP contribution in [0.4, 0.5) is 21.8 Å². The van der Waals surface area contributed by atoms with Gasteiger partial charge in [-0.25, -0.2) is 19.3 Å². The Labute approximate surface area is 367 Å². The lowest BCUT2D eigenvalue weighted by Gasteiger charge is -2.43. The molecular weight excluding hydrogens is 826 g/mol. The Balaban J connectivity index is 0.741. The van der Waals surface area contributed by atoms with Crippen LogP contribution in [0.25, 0.3) is 11.3 Å². The number of nitrogens with one attached hydrogen (secondary N) is 3. The lowest BCUT2D eigenvalue weighted by Crippen LogP contribution is -2.54. The van der Waals surface area contributed by atoms with Crippen molar-refractivity contribution in [1.82, 2.24) is 45.2 Å². The molecule has 5 amide bonds. The van der Waals surface area contributed by atoms with Crippen molar-refractivity contribution in [2.75, 3.05) is 42.9 Å². The number of likely N-dealkylation sites (tertiary alicyclic amines) is 1. The van der Waals surface area contributed by atoms with Crippen molar-refractivity contribution in [1.29, 1.82) is 0 Å². The van der Waals surface area contributed by atoms with Crippen molar-refractivity contribution in [3.8, 4) is 11.3 Å². The number of piperidine rings is 2. The van der Waals surface area contributed by atoms with Crippen LogP contribution >= 0.6 is 11.3 Å². The maximum absolute atomic E-state index is 15.1. The van der Waals surface area contributed by atoms with Gasteiger partial charge in [-0.2, -0.15) is 5.10 Å². The highest BCUT2D eigenvalue weighted by Gasteiger charge is 2.45. The second-order valence-electron chi connectivity index (χ2n) is 17.8. The van der Waals surface area contributed by atoms with Crippen molar-refractivity contribution in [3.05, 3.63) is 99.0 Å². The number of aromatic nitrogens is 5. The highest BCUT2D eigenvalue weighted by atomic mass is 32.1. The monoisotopic (exact) mass is 873 g/mol. The molecule has 0 radical (unpaired) electrons. The van der Waals surface area contributed by atoms with E-state index in [-0.39, 0.29) is 47.4 Å². The zero-order valence-corrected chi connectivity index (χ0v) is 36.3. The molecule has 0 saturated carbocycles. The lowest BCUT2D eigenvalue weighted by atomic mass is 9.93. The van der Waals surface area contributed by atoms with Gasteiger partial charge in [-0.3, -0.25) is 43.8 Å². The highest BCUT2D eigenvalue weighted by molar-refractivity contribution is 7.13. The van der Waals surface area contributed by atoms with E-state index >= 15 is 4.39 Å². The number of amides is 5. The Hall–Kier alpha value is -6.40. The van der Waals surface area contributed by atoms with Gasteiger partial charge in [0.1, 0.15) is 16.6 Å². The number of carbonyl (C=O) groups excluding carboxylic acids is 5. The van der Waals surface area contributed by atoms with E-state index in [1.54, 1.807) is 24.4 Å². The van der Waals surface area contributed by atoms with E-state index in [4.69, 9.17) is 5.10 Å². The lowest BCUT2D eigenvalue weighted by molar-refractivity contribution is -0.136. The molecule has 9 rings (SSSR count). The molecule has 5 aromatic rings.